The monoisotopic (exact) mass is 168 g/mol. The molecule has 11 heavy (non-hydrogen) atoms. The molecule has 60 valence electrons. The van der Waals surface area contributed by atoms with E-state index in [9.17, 15) is 0 Å². The predicted octanol–water partition coefficient (Wildman–Crippen LogP) is 1.72. The van der Waals surface area contributed by atoms with Gasteiger partial charge in [0.25, 0.3) is 0 Å². The van der Waals surface area contributed by atoms with E-state index in [0.717, 1.165) is 5.69 Å². The lowest BCUT2D eigenvalue weighted by Gasteiger charge is -2.11. The largest absolute Gasteiger partial charge is 0.314 e. The number of hydrogen-bond donors (Lipinski definition) is 1. The van der Waals surface area contributed by atoms with Gasteiger partial charge in [0.15, 0.2) is 0 Å². The quantitative estimate of drug-likeness (QED) is 0.414. The van der Waals surface area contributed by atoms with Crippen LogP contribution in [-0.4, -0.2) is 13.3 Å². The molecule has 0 aliphatic heterocycles. The SMILES string of the molecule is CSc1cccc(N(C)N)c1. The Morgan fingerprint density at radius 1 is 1.45 bits per heavy atom. The molecule has 2 N–H and O–H groups in total. The third-order valence-electron chi connectivity index (χ3n) is 1.46. The van der Waals surface area contributed by atoms with Gasteiger partial charge in [0.05, 0.1) is 5.69 Å². The summed E-state index contributed by atoms with van der Waals surface area (Å²) in [7, 11) is 1.83. The first-order valence-electron chi connectivity index (χ1n) is 3.36. The lowest BCUT2D eigenvalue weighted by atomic mass is 10.3. The molecule has 1 rings (SSSR count). The van der Waals surface area contributed by atoms with Gasteiger partial charge < -0.3 is 5.01 Å². The lowest BCUT2D eigenvalue weighted by Crippen LogP contribution is -2.24. The number of hydrogen-bond acceptors (Lipinski definition) is 3. The third kappa shape index (κ3) is 2.13. The van der Waals surface area contributed by atoms with Crippen molar-refractivity contribution in [3.8, 4) is 0 Å². The summed E-state index contributed by atoms with van der Waals surface area (Å²) in [6.07, 6.45) is 2.05. The van der Waals surface area contributed by atoms with E-state index >= 15 is 0 Å². The molecule has 0 spiro atoms. The van der Waals surface area contributed by atoms with Crippen LogP contribution >= 0.6 is 11.8 Å². The van der Waals surface area contributed by atoms with E-state index in [4.69, 9.17) is 5.84 Å². The van der Waals surface area contributed by atoms with Gasteiger partial charge in [0.1, 0.15) is 0 Å². The first kappa shape index (κ1) is 8.43. The zero-order valence-electron chi connectivity index (χ0n) is 6.74. The highest BCUT2D eigenvalue weighted by atomic mass is 32.2. The molecule has 0 saturated carbocycles. The van der Waals surface area contributed by atoms with Gasteiger partial charge in [0.2, 0.25) is 0 Å². The fraction of sp³-hybridized carbons (Fsp3) is 0.250. The highest BCUT2D eigenvalue weighted by molar-refractivity contribution is 7.98. The maximum absolute atomic E-state index is 5.56. The lowest BCUT2D eigenvalue weighted by molar-refractivity contribution is 1.01. The minimum absolute atomic E-state index is 1.04. The van der Waals surface area contributed by atoms with Crippen LogP contribution in [-0.2, 0) is 0 Å². The van der Waals surface area contributed by atoms with E-state index in [1.54, 1.807) is 16.8 Å². The van der Waals surface area contributed by atoms with Crippen molar-refractivity contribution in [1.29, 1.82) is 0 Å². The number of nitrogens with zero attached hydrogens (tertiary/aromatic N) is 1. The molecular formula is C8H12N2S. The van der Waals surface area contributed by atoms with Crippen molar-refractivity contribution in [2.45, 2.75) is 4.90 Å². The van der Waals surface area contributed by atoms with Crippen molar-refractivity contribution in [1.82, 2.24) is 0 Å². The van der Waals surface area contributed by atoms with Gasteiger partial charge in [-0.25, -0.2) is 5.84 Å². The van der Waals surface area contributed by atoms with Crippen LogP contribution in [0.1, 0.15) is 0 Å². The molecule has 0 atom stereocenters. The second kappa shape index (κ2) is 3.64. The van der Waals surface area contributed by atoms with Crippen molar-refractivity contribution in [3.63, 3.8) is 0 Å². The molecule has 0 aliphatic rings. The molecule has 0 heterocycles. The molecule has 0 fully saturated rings. The number of thioether (sulfide) groups is 1. The Kier molecular flexibility index (Phi) is 2.79. The summed E-state index contributed by atoms with van der Waals surface area (Å²) in [6, 6.07) is 8.12. The Morgan fingerprint density at radius 3 is 2.73 bits per heavy atom. The first-order valence-corrected chi connectivity index (χ1v) is 4.59. The number of nitrogens with two attached hydrogens (primary N) is 1. The van der Waals surface area contributed by atoms with Gasteiger partial charge in [-0.15, -0.1) is 11.8 Å². The van der Waals surface area contributed by atoms with Crippen LogP contribution in [0.2, 0.25) is 0 Å². The molecule has 1 aromatic carbocycles. The molecule has 0 radical (unpaired) electrons. The van der Waals surface area contributed by atoms with Crippen LogP contribution in [0.3, 0.4) is 0 Å². The first-order chi connectivity index (χ1) is 5.24. The molecule has 0 aliphatic carbocycles. The van der Waals surface area contributed by atoms with Crippen molar-refractivity contribution in [3.05, 3.63) is 24.3 Å². The normalized spacial score (nSPS) is 9.73. The zero-order chi connectivity index (χ0) is 8.27. The molecule has 0 saturated heterocycles. The summed E-state index contributed by atoms with van der Waals surface area (Å²) in [5, 5.41) is 1.61. The van der Waals surface area contributed by atoms with Gasteiger partial charge in [-0.05, 0) is 24.5 Å². The van der Waals surface area contributed by atoms with E-state index in [0.29, 0.717) is 0 Å². The van der Waals surface area contributed by atoms with Crippen LogP contribution < -0.4 is 10.9 Å². The van der Waals surface area contributed by atoms with Crippen molar-refractivity contribution in [2.24, 2.45) is 5.84 Å². The fourth-order valence-electron chi connectivity index (χ4n) is 0.830. The van der Waals surface area contributed by atoms with Gasteiger partial charge in [-0.3, -0.25) is 0 Å². The van der Waals surface area contributed by atoms with Gasteiger partial charge in [-0.1, -0.05) is 6.07 Å². The Balaban J connectivity index is 2.91. The average Bonchev–Trinajstić information content (AvgIpc) is 2.05. The van der Waals surface area contributed by atoms with E-state index in [-0.39, 0.29) is 0 Å². The van der Waals surface area contributed by atoms with E-state index < -0.39 is 0 Å². The summed E-state index contributed by atoms with van der Waals surface area (Å²) in [6.45, 7) is 0. The summed E-state index contributed by atoms with van der Waals surface area (Å²) < 4.78 is 0. The number of rotatable bonds is 2. The van der Waals surface area contributed by atoms with Crippen LogP contribution in [0.25, 0.3) is 0 Å². The second-order valence-corrected chi connectivity index (χ2v) is 3.19. The van der Waals surface area contributed by atoms with Crippen LogP contribution in [0.15, 0.2) is 29.2 Å². The highest BCUT2D eigenvalue weighted by Crippen LogP contribution is 2.19. The Hall–Kier alpha value is -0.670. The number of anilines is 1. The Morgan fingerprint density at radius 2 is 2.18 bits per heavy atom. The van der Waals surface area contributed by atoms with Gasteiger partial charge in [0, 0.05) is 11.9 Å². The average molecular weight is 168 g/mol. The molecule has 0 aromatic heterocycles. The third-order valence-corrected chi connectivity index (χ3v) is 2.19. The molecule has 3 heteroatoms. The summed E-state index contributed by atoms with van der Waals surface area (Å²) >= 11 is 1.72. The standard InChI is InChI=1S/C8H12N2S/c1-10(9)7-4-3-5-8(6-7)11-2/h3-6H,9H2,1-2H3. The predicted molar refractivity (Wildman–Crippen MR) is 50.8 cm³/mol. The Labute approximate surface area is 71.4 Å². The minimum atomic E-state index is 1.04. The van der Waals surface area contributed by atoms with Gasteiger partial charge in [-0.2, -0.15) is 0 Å². The molecular weight excluding hydrogens is 156 g/mol. The van der Waals surface area contributed by atoms with Crippen molar-refractivity contribution < 1.29 is 0 Å². The maximum Gasteiger partial charge on any atom is 0.0525 e. The topological polar surface area (TPSA) is 29.3 Å². The maximum atomic E-state index is 5.56. The zero-order valence-corrected chi connectivity index (χ0v) is 7.56. The van der Waals surface area contributed by atoms with Crippen LogP contribution in [0, 0.1) is 0 Å². The molecule has 0 unspecified atom stereocenters. The number of hydrazine groups is 1. The van der Waals surface area contributed by atoms with E-state index in [1.807, 2.05) is 19.2 Å². The van der Waals surface area contributed by atoms with E-state index in [2.05, 4.69) is 18.4 Å². The Bertz CT molecular complexity index is 235. The second-order valence-electron chi connectivity index (χ2n) is 2.31. The van der Waals surface area contributed by atoms with Crippen molar-refractivity contribution >= 4 is 17.4 Å². The smallest absolute Gasteiger partial charge is 0.0525 e. The van der Waals surface area contributed by atoms with E-state index in [1.165, 1.54) is 4.90 Å². The summed E-state index contributed by atoms with van der Waals surface area (Å²) in [5.41, 5.74) is 1.04. The van der Waals surface area contributed by atoms with Gasteiger partial charge >= 0.3 is 0 Å². The van der Waals surface area contributed by atoms with Crippen LogP contribution in [0.5, 0.6) is 0 Å². The van der Waals surface area contributed by atoms with Crippen LogP contribution in [0.4, 0.5) is 5.69 Å². The summed E-state index contributed by atoms with van der Waals surface area (Å²) in [5.74, 6) is 5.56. The summed E-state index contributed by atoms with van der Waals surface area (Å²) in [4.78, 5) is 1.24. The fourth-order valence-corrected chi connectivity index (χ4v) is 1.28. The molecule has 2 nitrogen and oxygen atoms in total. The molecule has 1 aromatic rings. The number of benzene rings is 1. The molecule has 0 bridgehead atoms. The van der Waals surface area contributed by atoms with Crippen molar-refractivity contribution in [2.75, 3.05) is 18.3 Å². The highest BCUT2D eigenvalue weighted by Gasteiger charge is 1.95. The molecule has 0 amide bonds. The minimum Gasteiger partial charge on any atom is -0.314 e.